The van der Waals surface area contributed by atoms with Gasteiger partial charge < -0.3 is 134 Å². The zero-order valence-electron chi connectivity index (χ0n) is 70.5. The molecular formula is C93H85BClN5NaO27. The molecular weight excluding hydrogens is 1690 g/mol. The van der Waals surface area contributed by atoms with Crippen molar-refractivity contribution >= 4 is 61.5 Å². The monoisotopic (exact) mass is 1770 g/mol. The van der Waals surface area contributed by atoms with Crippen LogP contribution in [0.4, 0.5) is 0 Å². The Balaban J connectivity index is 0.000000139. The van der Waals surface area contributed by atoms with Gasteiger partial charge in [-0.15, -0.1) is 0 Å². The van der Waals surface area contributed by atoms with E-state index in [4.69, 9.17) is 125 Å². The van der Waals surface area contributed by atoms with Crippen molar-refractivity contribution in [2.45, 2.75) is 51.7 Å². The topological polar surface area (TPSA) is 370 Å². The molecule has 655 valence electrons. The van der Waals surface area contributed by atoms with Crippen molar-refractivity contribution < 1.29 is 172 Å². The van der Waals surface area contributed by atoms with E-state index in [0.717, 1.165) is 190 Å². The molecule has 0 aliphatic carbocycles. The van der Waals surface area contributed by atoms with E-state index < -0.39 is 0 Å². The number of aliphatic imine (C=N–C) groups is 1. The maximum atomic E-state index is 13.0. The summed E-state index contributed by atoms with van der Waals surface area (Å²) in [4.78, 5) is 53.8. The van der Waals surface area contributed by atoms with Gasteiger partial charge in [0.25, 0.3) is 12.0 Å². The first-order valence-corrected chi connectivity index (χ1v) is 39.7. The maximum Gasteiger partial charge on any atom is 1.00 e. The molecule has 14 heterocycles. The molecule has 0 saturated carbocycles. The number of hydrogen-bond acceptors (Lipinski definition) is 29. The molecule has 12 aliphatic heterocycles. The quantitative estimate of drug-likeness (QED) is 0.0282. The van der Waals surface area contributed by atoms with Crippen LogP contribution in [0.2, 0.25) is 0 Å². The van der Waals surface area contributed by atoms with Gasteiger partial charge in [0.1, 0.15) is 6.29 Å². The molecule has 3 radical (unpaired) electrons. The Kier molecular flexibility index (Phi) is 31.5. The van der Waals surface area contributed by atoms with Crippen LogP contribution in [0, 0.1) is 0 Å². The summed E-state index contributed by atoms with van der Waals surface area (Å²) in [6, 6.07) is 55.2. The largest absolute Gasteiger partial charge is 1.00 e. The summed E-state index contributed by atoms with van der Waals surface area (Å²) >= 11 is 0. The fourth-order valence-electron chi connectivity index (χ4n) is 14.9. The van der Waals surface area contributed by atoms with Crippen LogP contribution in [0.25, 0.3) is 44.1 Å². The Morgan fingerprint density at radius 1 is 0.422 bits per heavy atom. The molecule has 0 amide bonds. The molecule has 0 spiro atoms. The normalized spacial score (nSPS) is 13.8. The van der Waals surface area contributed by atoms with E-state index in [9.17, 15) is 9.59 Å². The van der Waals surface area contributed by atoms with Crippen molar-refractivity contribution in [2.24, 2.45) is 10.7 Å². The van der Waals surface area contributed by atoms with Gasteiger partial charge >= 0.3 is 29.6 Å². The number of nitrogens with one attached hydrogen (secondary N) is 1. The third kappa shape index (κ3) is 21.5. The van der Waals surface area contributed by atoms with Gasteiger partial charge in [-0.05, 0) is 228 Å². The van der Waals surface area contributed by atoms with Gasteiger partial charge in [-0.3, -0.25) is 29.0 Å². The first-order valence-electron chi connectivity index (χ1n) is 39.7. The molecule has 0 saturated heterocycles. The van der Waals surface area contributed by atoms with Gasteiger partial charge in [0.05, 0.1) is 16.6 Å². The first-order chi connectivity index (χ1) is 61.5. The first kappa shape index (κ1) is 91.9. The number of carbonyl (C=O) groups is 4. The zero-order valence-corrected chi connectivity index (χ0v) is 72.2. The third-order valence-corrected chi connectivity index (χ3v) is 20.9. The fourth-order valence-corrected chi connectivity index (χ4v) is 14.9. The number of carbonyl (C=O) groups excluding carboxylic acids is 3. The Bertz CT molecular complexity index is 6070. The minimum Gasteiger partial charge on any atom is -1.00 e. The fraction of sp³-hybridized carbons (Fsp3) is 0.237. The molecule has 0 unspecified atom stereocenters. The van der Waals surface area contributed by atoms with E-state index in [1.165, 1.54) is 44.6 Å². The summed E-state index contributed by atoms with van der Waals surface area (Å²) in [7, 11) is 1.00. The molecule has 12 aromatic rings. The average molecular weight is 1770 g/mol. The van der Waals surface area contributed by atoms with Crippen molar-refractivity contribution in [3.8, 4) is 138 Å². The molecule has 0 atom stereocenters. The Labute approximate surface area is 764 Å². The van der Waals surface area contributed by atoms with E-state index in [0.29, 0.717) is 101 Å². The number of ether oxygens (including phenoxy) is 20. The van der Waals surface area contributed by atoms with Crippen molar-refractivity contribution in [2.75, 3.05) is 94.7 Å². The molecule has 128 heavy (non-hydrogen) atoms. The predicted molar refractivity (Wildman–Crippen MR) is 456 cm³/mol. The third-order valence-electron chi connectivity index (χ3n) is 20.9. The number of aliphatic hydroxyl groups is 1. The summed E-state index contributed by atoms with van der Waals surface area (Å²) in [5, 5.41) is 21.1. The minimum absolute atomic E-state index is 0. The van der Waals surface area contributed by atoms with Crippen LogP contribution in [0.1, 0.15) is 50.7 Å². The summed E-state index contributed by atoms with van der Waals surface area (Å²) in [5.74, 6) is 15.7. The number of pyridine rings is 2. The van der Waals surface area contributed by atoms with Crippen LogP contribution in [0.5, 0.6) is 115 Å². The number of aryl methyl sites for hydroxylation is 3. The van der Waals surface area contributed by atoms with Crippen LogP contribution >= 0.6 is 0 Å². The molecule has 10 aromatic carbocycles. The van der Waals surface area contributed by atoms with Crippen LogP contribution in [-0.4, -0.2) is 149 Å². The SMILES string of the molecule is C(=NCCc1ccc2c(c1)OCO2)c1ccc2c(c1)OCO2.CO.NCCc1ccc2c(c1)OCO2.O=CC=O.O=CO.O=Cc1ccc2c(c1)OCO2.O=c1c2cc3c(cc2cc2n1CCc1cc4c(cc1-2)OCO4)OCO3.[B].[Cl-].[H-].[Na+].c1c2c(cc3c1OCO3)-c1cc3cc4c(cc3c[n+]1CC2)OCO4.c1cc2c(cc1CCNCc1ccc3c(c1)OCO3)OCO2. The van der Waals surface area contributed by atoms with Crippen LogP contribution < -0.4 is 158 Å². The second-order valence-corrected chi connectivity index (χ2v) is 28.4. The number of carboxylic acid groups (broad SMARTS) is 1. The number of aldehydes is 3. The number of nitrogens with two attached hydrogens (primary N) is 1. The molecule has 35 heteroatoms. The standard InChI is InChI=1S/C19H13NO5.C19H14NO4.C17H17NO4.C17H15NO4.C9H11NO2.C8H6O3.C2H2O2.CH2O2.CH4O.B.ClH.Na.H/c21-19-13-7-18-16(23-9-25-18)5-11(13)3-14-12-6-17-15(22-8-24-17)4-10(12)1-2-20(14)19;1-2-20-8-13-6-18-17(22-9-23-18)5-12(13)3-15(20)14-7-19-16(4-11(1)14)21-10-24-19;2*1-3-14-16(21-10-19-14)7-12(1)5-6-18-9-13-2-4-15-17(8-13)22-11-20-15;10-4-3-7-1-2-8-9(5-7)12-6-11-8;9-4-6-1-2-7-8(3-6)11-5-10-7;3-1-2-4;2-1-3;1-2;;;;/h3-7H,1-2,8-9H2;3-8H,1-2,9-10H2;1-4,7-8,18H,5-6,9-11H2;1-4,7-9H,5-6,10-11H2;1-2,5H,3-4,6,10H2;1-4H,5H2;1-2H;1H,(H,2,3);2H,1H3;;1H;;/q;+1;;;;;;;;;;+1;-1/p-1. The van der Waals surface area contributed by atoms with Gasteiger partial charge in [0.15, 0.2) is 140 Å². The van der Waals surface area contributed by atoms with Crippen molar-refractivity contribution in [3.63, 3.8) is 0 Å². The van der Waals surface area contributed by atoms with Crippen molar-refractivity contribution in [1.82, 2.24) is 9.88 Å². The molecule has 0 bridgehead atoms. The zero-order chi connectivity index (χ0) is 86.0. The van der Waals surface area contributed by atoms with E-state index >= 15 is 0 Å². The smallest absolute Gasteiger partial charge is 1.00 e. The number of fused-ring (bicyclic) bond motifs is 18. The molecule has 5 N–H and O–H groups in total. The number of hydrogen-bond donors (Lipinski definition) is 4. The van der Waals surface area contributed by atoms with Gasteiger partial charge in [-0.25, -0.2) is 0 Å². The minimum atomic E-state index is -0.250. The molecule has 2 aromatic heterocycles. The Morgan fingerprint density at radius 3 is 1.28 bits per heavy atom. The molecule has 32 nitrogen and oxygen atoms in total. The summed E-state index contributed by atoms with van der Waals surface area (Å²) in [6.07, 6.45) is 9.68. The summed E-state index contributed by atoms with van der Waals surface area (Å²) < 4.78 is 111. The number of halogens is 1. The summed E-state index contributed by atoms with van der Waals surface area (Å²) in [6.45, 7) is 7.29. The van der Waals surface area contributed by atoms with Crippen LogP contribution in [-0.2, 0) is 66.1 Å². The second kappa shape index (κ2) is 43.9. The number of benzene rings is 10. The summed E-state index contributed by atoms with van der Waals surface area (Å²) in [5.41, 5.74) is 18.7. The van der Waals surface area contributed by atoms with Crippen molar-refractivity contribution in [1.29, 1.82) is 0 Å². The van der Waals surface area contributed by atoms with Gasteiger partial charge in [-0.2, -0.15) is 4.57 Å². The van der Waals surface area contributed by atoms with Gasteiger partial charge in [0.2, 0.25) is 73.6 Å². The Hall–Kier alpha value is -13.8. The second-order valence-electron chi connectivity index (χ2n) is 28.4. The number of aliphatic hydroxyl groups excluding tert-OH is 1. The Morgan fingerprint density at radius 2 is 0.797 bits per heavy atom. The number of aromatic nitrogens is 2. The van der Waals surface area contributed by atoms with Gasteiger partial charge in [0, 0.05) is 70.4 Å². The number of nitrogens with zero attached hydrogens (tertiary/aromatic N) is 3. The van der Waals surface area contributed by atoms with E-state index in [1.54, 1.807) is 24.3 Å². The maximum absolute atomic E-state index is 13.0. The van der Waals surface area contributed by atoms with Crippen LogP contribution in [0.15, 0.2) is 186 Å². The van der Waals surface area contributed by atoms with E-state index in [2.05, 4.69) is 63.5 Å². The predicted octanol–water partition coefficient (Wildman–Crippen LogP) is 5.35. The van der Waals surface area contributed by atoms with Crippen molar-refractivity contribution in [3.05, 3.63) is 231 Å². The van der Waals surface area contributed by atoms with Crippen LogP contribution in [0.3, 0.4) is 0 Å². The molecule has 24 rings (SSSR count). The van der Waals surface area contributed by atoms with Gasteiger partial charge in [-0.1, -0.05) is 24.3 Å². The average Bonchev–Trinajstić information content (AvgIpc) is 1.72. The number of rotatable bonds is 13. The van der Waals surface area contributed by atoms with E-state index in [-0.39, 0.29) is 96.8 Å². The molecule has 0 fully saturated rings. The molecule has 12 aliphatic rings. The van der Waals surface area contributed by atoms with E-state index in [1.807, 2.05) is 114 Å².